The average molecular weight is 550 g/mol. The Kier molecular flexibility index (Phi) is 6.65. The monoisotopic (exact) mass is 549 g/mol. The lowest BCUT2D eigenvalue weighted by molar-refractivity contribution is -0.0691. The lowest BCUT2D eigenvalue weighted by Crippen LogP contribution is -2.39. The number of amides is 1. The van der Waals surface area contributed by atoms with Gasteiger partial charge in [0.2, 0.25) is 5.92 Å². The van der Waals surface area contributed by atoms with Crippen molar-refractivity contribution in [2.24, 2.45) is 0 Å². The molecule has 1 fully saturated rings. The first-order valence-electron chi connectivity index (χ1n) is 13.1. The molecule has 40 heavy (non-hydrogen) atoms. The number of aromatic nitrogens is 3. The number of nitrogens with one attached hydrogen (secondary N) is 2. The van der Waals surface area contributed by atoms with Crippen molar-refractivity contribution in [3.63, 3.8) is 0 Å². The van der Waals surface area contributed by atoms with Crippen molar-refractivity contribution in [2.75, 3.05) is 11.9 Å². The van der Waals surface area contributed by atoms with E-state index in [2.05, 4.69) is 20.3 Å². The second-order valence-electron chi connectivity index (χ2n) is 10.2. The molecule has 6 rings (SSSR count). The Morgan fingerprint density at radius 1 is 1.10 bits per heavy atom. The average Bonchev–Trinajstić information content (AvgIpc) is 2.95. The maximum absolute atomic E-state index is 14.6. The van der Waals surface area contributed by atoms with Gasteiger partial charge in [0.1, 0.15) is 6.10 Å². The lowest BCUT2D eigenvalue weighted by atomic mass is 9.94. The number of anilines is 2. The van der Waals surface area contributed by atoms with Gasteiger partial charge < -0.3 is 19.9 Å². The molecule has 0 saturated heterocycles. The standard InChI is InChI=1S/C29H26F3N5O3/c30-24-15-34-25(36-26(24)35-21-3-4-23-18(14-21)7-11-33-27(23)38)19-1-2-20-16-37(12-8-17(20)13-19)28(39)40-22-5-9-29(31,32)10-6-22/h1-4,7,11,13-15,22H,5-6,8-10,12,16H2,(H,33,38)(H,34,35,36). The fourth-order valence-electron chi connectivity index (χ4n) is 5.20. The summed E-state index contributed by atoms with van der Waals surface area (Å²) >= 11 is 0. The minimum absolute atomic E-state index is 0.00121. The van der Waals surface area contributed by atoms with E-state index in [-0.39, 0.29) is 37.1 Å². The summed E-state index contributed by atoms with van der Waals surface area (Å²) in [5, 5.41) is 4.20. The highest BCUT2D eigenvalue weighted by Crippen LogP contribution is 2.35. The van der Waals surface area contributed by atoms with Gasteiger partial charge in [0.05, 0.1) is 6.20 Å². The third-order valence-corrected chi connectivity index (χ3v) is 7.45. The highest BCUT2D eigenvalue weighted by Gasteiger charge is 2.37. The van der Waals surface area contributed by atoms with E-state index in [1.54, 1.807) is 35.4 Å². The van der Waals surface area contributed by atoms with Gasteiger partial charge in [-0.05, 0) is 66.1 Å². The Morgan fingerprint density at radius 3 is 2.75 bits per heavy atom. The van der Waals surface area contributed by atoms with Crippen molar-refractivity contribution in [3.8, 4) is 11.4 Å². The Hall–Kier alpha value is -4.41. The van der Waals surface area contributed by atoms with Gasteiger partial charge in [-0.15, -0.1) is 0 Å². The number of carbonyl (C=O) groups is 1. The van der Waals surface area contributed by atoms with Crippen LogP contribution < -0.4 is 10.9 Å². The van der Waals surface area contributed by atoms with Crippen LogP contribution in [0.1, 0.15) is 36.8 Å². The molecular formula is C29H26F3N5O3. The number of rotatable bonds is 4. The third kappa shape index (κ3) is 5.36. The van der Waals surface area contributed by atoms with E-state index in [1.807, 2.05) is 18.2 Å². The Labute approximate surface area is 227 Å². The van der Waals surface area contributed by atoms with Gasteiger partial charge in [-0.2, -0.15) is 0 Å². The van der Waals surface area contributed by atoms with E-state index >= 15 is 0 Å². The SMILES string of the molecule is O=C(OC1CCC(F)(F)CC1)N1CCc2cc(-c3ncc(F)c(Nc4ccc5c(=O)[nH]ccc5c4)n3)ccc2C1. The summed E-state index contributed by atoms with van der Waals surface area (Å²) in [7, 11) is 0. The van der Waals surface area contributed by atoms with Gasteiger partial charge in [-0.3, -0.25) is 4.79 Å². The number of H-pyrrole nitrogens is 1. The van der Waals surface area contributed by atoms with Crippen LogP contribution in [0.2, 0.25) is 0 Å². The molecule has 206 valence electrons. The van der Waals surface area contributed by atoms with E-state index in [9.17, 15) is 22.8 Å². The molecule has 2 aromatic carbocycles. The van der Waals surface area contributed by atoms with E-state index < -0.39 is 23.9 Å². The zero-order valence-corrected chi connectivity index (χ0v) is 21.4. The van der Waals surface area contributed by atoms with Crippen LogP contribution in [0.15, 0.2) is 59.7 Å². The molecule has 1 aliphatic heterocycles. The maximum Gasteiger partial charge on any atom is 0.410 e. The van der Waals surface area contributed by atoms with Crippen LogP contribution in [0.5, 0.6) is 0 Å². The summed E-state index contributed by atoms with van der Waals surface area (Å²) < 4.78 is 46.9. The molecule has 2 aromatic heterocycles. The normalized spacial score (nSPS) is 16.9. The van der Waals surface area contributed by atoms with Gasteiger partial charge in [0.25, 0.3) is 5.56 Å². The van der Waals surface area contributed by atoms with Crippen LogP contribution in [0.4, 0.5) is 29.5 Å². The molecule has 1 aliphatic carbocycles. The maximum atomic E-state index is 14.6. The molecule has 2 aliphatic rings. The number of hydrogen-bond donors (Lipinski definition) is 2. The van der Waals surface area contributed by atoms with Crippen molar-refractivity contribution in [1.29, 1.82) is 0 Å². The Bertz CT molecular complexity index is 1650. The molecule has 1 amide bonds. The highest BCUT2D eigenvalue weighted by atomic mass is 19.3. The van der Waals surface area contributed by atoms with E-state index in [0.717, 1.165) is 17.3 Å². The van der Waals surface area contributed by atoms with Crippen molar-refractivity contribution in [3.05, 3.63) is 82.2 Å². The molecule has 0 unspecified atom stereocenters. The number of hydrogen-bond acceptors (Lipinski definition) is 6. The van der Waals surface area contributed by atoms with Crippen molar-refractivity contribution in [1.82, 2.24) is 19.9 Å². The predicted octanol–water partition coefficient (Wildman–Crippen LogP) is 5.94. The number of alkyl halides is 2. The van der Waals surface area contributed by atoms with E-state index in [4.69, 9.17) is 4.74 Å². The van der Waals surface area contributed by atoms with Crippen molar-refractivity contribution >= 4 is 28.4 Å². The first-order chi connectivity index (χ1) is 19.2. The van der Waals surface area contributed by atoms with Crippen molar-refractivity contribution < 1.29 is 22.7 Å². The molecule has 1 saturated carbocycles. The number of nitrogens with zero attached hydrogens (tertiary/aromatic N) is 3. The first kappa shape index (κ1) is 25.8. The summed E-state index contributed by atoms with van der Waals surface area (Å²) in [6, 6.07) is 12.5. The van der Waals surface area contributed by atoms with Gasteiger partial charge in [0, 0.05) is 48.8 Å². The van der Waals surface area contributed by atoms with Crippen LogP contribution in [0, 0.1) is 5.82 Å². The third-order valence-electron chi connectivity index (χ3n) is 7.45. The van der Waals surface area contributed by atoms with Crippen LogP contribution in [-0.4, -0.2) is 44.5 Å². The zero-order chi connectivity index (χ0) is 27.9. The molecule has 8 nitrogen and oxygen atoms in total. The van der Waals surface area contributed by atoms with Gasteiger partial charge in [0.15, 0.2) is 17.5 Å². The zero-order valence-electron chi connectivity index (χ0n) is 21.4. The minimum Gasteiger partial charge on any atom is -0.446 e. The van der Waals surface area contributed by atoms with E-state index in [1.165, 1.54) is 0 Å². The molecule has 11 heteroatoms. The summed E-state index contributed by atoms with van der Waals surface area (Å²) in [4.78, 5) is 37.4. The molecular weight excluding hydrogens is 523 g/mol. The topological polar surface area (TPSA) is 100 Å². The van der Waals surface area contributed by atoms with Crippen molar-refractivity contribution in [2.45, 2.75) is 50.7 Å². The quantitative estimate of drug-likeness (QED) is 0.327. The van der Waals surface area contributed by atoms with Crippen LogP contribution in [0.3, 0.4) is 0 Å². The molecule has 0 radical (unpaired) electrons. The van der Waals surface area contributed by atoms with Crippen LogP contribution in [0.25, 0.3) is 22.2 Å². The largest absolute Gasteiger partial charge is 0.446 e. The second-order valence-corrected chi connectivity index (χ2v) is 10.2. The highest BCUT2D eigenvalue weighted by molar-refractivity contribution is 5.85. The number of halogens is 3. The number of carbonyl (C=O) groups excluding carboxylic acids is 1. The molecule has 2 N–H and O–H groups in total. The molecule has 0 bridgehead atoms. The summed E-state index contributed by atoms with van der Waals surface area (Å²) in [6.45, 7) is 0.777. The summed E-state index contributed by atoms with van der Waals surface area (Å²) in [6.07, 6.45) is 2.08. The first-order valence-corrected chi connectivity index (χ1v) is 13.1. The fourth-order valence-corrected chi connectivity index (χ4v) is 5.20. The summed E-state index contributed by atoms with van der Waals surface area (Å²) in [5.74, 6) is -2.96. The molecule has 3 heterocycles. The van der Waals surface area contributed by atoms with Crippen LogP contribution in [-0.2, 0) is 17.7 Å². The minimum atomic E-state index is -2.67. The number of benzene rings is 2. The van der Waals surface area contributed by atoms with Crippen LogP contribution >= 0.6 is 0 Å². The van der Waals surface area contributed by atoms with Gasteiger partial charge in [-0.1, -0.05) is 12.1 Å². The number of aromatic amines is 1. The molecule has 0 spiro atoms. The lowest BCUT2D eigenvalue weighted by Gasteiger charge is -2.32. The number of ether oxygens (including phenoxy) is 1. The van der Waals surface area contributed by atoms with Gasteiger partial charge >= 0.3 is 6.09 Å². The summed E-state index contributed by atoms with van der Waals surface area (Å²) in [5.41, 5.74) is 3.02. The second kappa shape index (κ2) is 10.3. The number of fused-ring (bicyclic) bond motifs is 2. The van der Waals surface area contributed by atoms with Gasteiger partial charge in [-0.25, -0.2) is 27.9 Å². The number of pyridine rings is 1. The Balaban J connectivity index is 1.15. The fraction of sp³-hybridized carbons (Fsp3) is 0.310. The Morgan fingerprint density at radius 2 is 1.93 bits per heavy atom. The smallest absolute Gasteiger partial charge is 0.410 e. The predicted molar refractivity (Wildman–Crippen MR) is 143 cm³/mol. The molecule has 4 aromatic rings. The van der Waals surface area contributed by atoms with E-state index in [0.29, 0.717) is 47.4 Å². The molecule has 0 atom stereocenters.